The Balaban J connectivity index is 1.97. The Bertz CT molecular complexity index is 723. The number of hydrogen-bond acceptors (Lipinski definition) is 5. The predicted octanol–water partition coefficient (Wildman–Crippen LogP) is 2.77. The molecule has 0 fully saturated rings. The van der Waals surface area contributed by atoms with Crippen LogP contribution in [0.2, 0.25) is 0 Å². The zero-order valence-electron chi connectivity index (χ0n) is 12.3. The molecule has 3 rings (SSSR count). The first kappa shape index (κ1) is 14.3. The van der Waals surface area contributed by atoms with Crippen molar-refractivity contribution in [2.45, 2.75) is 5.92 Å². The van der Waals surface area contributed by atoms with Gasteiger partial charge in [0.1, 0.15) is 18.1 Å². The Morgan fingerprint density at radius 1 is 1.09 bits per heavy atom. The molecular formula is C17H16O5. The lowest BCUT2D eigenvalue weighted by Crippen LogP contribution is -2.26. The number of carbonyl (C=O) groups is 1. The third-order valence-corrected chi connectivity index (χ3v) is 3.76. The number of aromatic hydroxyl groups is 1. The first-order valence-corrected chi connectivity index (χ1v) is 6.86. The molecule has 1 N–H and O–H groups in total. The van der Waals surface area contributed by atoms with Crippen LogP contribution in [0, 0.1) is 0 Å². The number of Topliss-reactive ketones (excluding diaryl/α,β-unsaturated/α-hetero) is 1. The van der Waals surface area contributed by atoms with Crippen LogP contribution in [0.1, 0.15) is 21.8 Å². The summed E-state index contributed by atoms with van der Waals surface area (Å²) >= 11 is 0. The maximum absolute atomic E-state index is 12.6. The third-order valence-electron chi connectivity index (χ3n) is 3.76. The molecule has 0 spiro atoms. The summed E-state index contributed by atoms with van der Waals surface area (Å²) in [5, 5.41) is 9.46. The number of ketones is 1. The average Bonchev–Trinajstić information content (AvgIpc) is 2.54. The van der Waals surface area contributed by atoms with Gasteiger partial charge in [0, 0.05) is 6.07 Å². The normalized spacial score (nSPS) is 16.6. The van der Waals surface area contributed by atoms with Crippen LogP contribution >= 0.6 is 0 Å². The molecule has 2 aromatic carbocycles. The van der Waals surface area contributed by atoms with E-state index in [-0.39, 0.29) is 18.1 Å². The van der Waals surface area contributed by atoms with Gasteiger partial charge in [-0.2, -0.15) is 0 Å². The molecule has 5 nitrogen and oxygen atoms in total. The van der Waals surface area contributed by atoms with Gasteiger partial charge in [0.15, 0.2) is 17.3 Å². The molecule has 0 aliphatic carbocycles. The summed E-state index contributed by atoms with van der Waals surface area (Å²) < 4.78 is 16.1. The van der Waals surface area contributed by atoms with E-state index in [1.165, 1.54) is 12.1 Å². The van der Waals surface area contributed by atoms with Crippen LogP contribution in [0.25, 0.3) is 0 Å². The highest BCUT2D eigenvalue weighted by Crippen LogP contribution is 2.37. The van der Waals surface area contributed by atoms with Crippen LogP contribution in [0.4, 0.5) is 0 Å². The van der Waals surface area contributed by atoms with Gasteiger partial charge in [-0.05, 0) is 29.8 Å². The summed E-state index contributed by atoms with van der Waals surface area (Å²) in [7, 11) is 3.12. The molecule has 0 aromatic heterocycles. The monoisotopic (exact) mass is 300 g/mol. The molecule has 0 radical (unpaired) electrons. The number of benzene rings is 2. The van der Waals surface area contributed by atoms with Gasteiger partial charge >= 0.3 is 0 Å². The molecule has 114 valence electrons. The van der Waals surface area contributed by atoms with Gasteiger partial charge in [0.2, 0.25) is 0 Å². The van der Waals surface area contributed by atoms with Crippen LogP contribution in [-0.4, -0.2) is 31.7 Å². The van der Waals surface area contributed by atoms with E-state index in [9.17, 15) is 9.90 Å². The zero-order valence-corrected chi connectivity index (χ0v) is 12.3. The molecule has 22 heavy (non-hydrogen) atoms. The average molecular weight is 300 g/mol. The van der Waals surface area contributed by atoms with Gasteiger partial charge in [-0.1, -0.05) is 6.07 Å². The lowest BCUT2D eigenvalue weighted by Gasteiger charge is -2.25. The van der Waals surface area contributed by atoms with Gasteiger partial charge < -0.3 is 19.3 Å². The summed E-state index contributed by atoms with van der Waals surface area (Å²) in [6.07, 6.45) is 0. The van der Waals surface area contributed by atoms with Crippen molar-refractivity contribution in [2.24, 2.45) is 0 Å². The maximum atomic E-state index is 12.6. The zero-order chi connectivity index (χ0) is 15.7. The second kappa shape index (κ2) is 5.60. The Hall–Kier alpha value is -2.69. The number of ether oxygens (including phenoxy) is 3. The van der Waals surface area contributed by atoms with E-state index in [4.69, 9.17) is 14.2 Å². The predicted molar refractivity (Wildman–Crippen MR) is 80.2 cm³/mol. The fraction of sp³-hybridized carbons (Fsp3) is 0.235. The van der Waals surface area contributed by atoms with Crippen molar-refractivity contribution >= 4 is 5.78 Å². The SMILES string of the molecule is COc1ccc([C@H]2COc3cc(O)ccc3C2=O)cc1OC. The van der Waals surface area contributed by atoms with Crippen LogP contribution in [0.15, 0.2) is 36.4 Å². The first-order valence-electron chi connectivity index (χ1n) is 6.86. The fourth-order valence-corrected chi connectivity index (χ4v) is 2.59. The number of phenols is 1. The maximum Gasteiger partial charge on any atom is 0.177 e. The lowest BCUT2D eigenvalue weighted by atomic mass is 9.89. The van der Waals surface area contributed by atoms with Crippen molar-refractivity contribution in [1.29, 1.82) is 0 Å². The Morgan fingerprint density at radius 2 is 1.86 bits per heavy atom. The summed E-state index contributed by atoms with van der Waals surface area (Å²) in [5.41, 5.74) is 1.28. The Morgan fingerprint density at radius 3 is 2.59 bits per heavy atom. The minimum Gasteiger partial charge on any atom is -0.508 e. The lowest BCUT2D eigenvalue weighted by molar-refractivity contribution is 0.0896. The molecular weight excluding hydrogens is 284 g/mol. The van der Waals surface area contributed by atoms with Gasteiger partial charge in [0.25, 0.3) is 0 Å². The van der Waals surface area contributed by atoms with Crippen molar-refractivity contribution in [1.82, 2.24) is 0 Å². The second-order valence-electron chi connectivity index (χ2n) is 5.02. The molecule has 0 unspecified atom stereocenters. The molecule has 1 atom stereocenters. The van der Waals surface area contributed by atoms with Crippen molar-refractivity contribution < 1.29 is 24.1 Å². The second-order valence-corrected chi connectivity index (χ2v) is 5.02. The number of phenolic OH excluding ortho intramolecular Hbond substituents is 1. The molecule has 0 amide bonds. The van der Waals surface area contributed by atoms with E-state index in [0.717, 1.165) is 5.56 Å². The number of rotatable bonds is 3. The van der Waals surface area contributed by atoms with E-state index in [0.29, 0.717) is 22.8 Å². The van der Waals surface area contributed by atoms with Gasteiger partial charge in [-0.15, -0.1) is 0 Å². The molecule has 5 heteroatoms. The van der Waals surface area contributed by atoms with Crippen LogP contribution < -0.4 is 14.2 Å². The minimum absolute atomic E-state index is 0.0338. The molecule has 1 heterocycles. The van der Waals surface area contributed by atoms with Gasteiger partial charge in [-0.3, -0.25) is 4.79 Å². The van der Waals surface area contributed by atoms with E-state index in [1.807, 2.05) is 6.07 Å². The van der Waals surface area contributed by atoms with E-state index < -0.39 is 5.92 Å². The Kier molecular flexibility index (Phi) is 3.63. The molecule has 1 aliphatic rings. The van der Waals surface area contributed by atoms with Crippen LogP contribution in [0.5, 0.6) is 23.0 Å². The van der Waals surface area contributed by atoms with Crippen LogP contribution in [-0.2, 0) is 0 Å². The van der Waals surface area contributed by atoms with Gasteiger partial charge in [-0.25, -0.2) is 0 Å². The van der Waals surface area contributed by atoms with Gasteiger partial charge in [0.05, 0.1) is 25.7 Å². The highest BCUT2D eigenvalue weighted by atomic mass is 16.5. The quantitative estimate of drug-likeness (QED) is 0.944. The summed E-state index contributed by atoms with van der Waals surface area (Å²) in [6.45, 7) is 0.227. The standard InChI is InChI=1S/C17H16O5/c1-20-14-6-3-10(7-16(14)21-2)13-9-22-15-8-11(18)4-5-12(15)17(13)19/h3-8,13,18H,9H2,1-2H3/t13-/m1/s1. The topological polar surface area (TPSA) is 65.0 Å². The molecule has 0 bridgehead atoms. The molecule has 2 aromatic rings. The summed E-state index contributed by atoms with van der Waals surface area (Å²) in [6, 6.07) is 9.91. The molecule has 0 saturated carbocycles. The Labute approximate surface area is 128 Å². The highest BCUT2D eigenvalue weighted by molar-refractivity contribution is 6.04. The number of methoxy groups -OCH3 is 2. The van der Waals surface area contributed by atoms with E-state index in [1.54, 1.807) is 32.4 Å². The fourth-order valence-electron chi connectivity index (χ4n) is 2.59. The molecule has 0 saturated heterocycles. The first-order chi connectivity index (χ1) is 10.6. The third kappa shape index (κ3) is 2.35. The number of fused-ring (bicyclic) bond motifs is 1. The summed E-state index contributed by atoms with van der Waals surface area (Å²) in [4.78, 5) is 12.6. The van der Waals surface area contributed by atoms with E-state index in [2.05, 4.69) is 0 Å². The van der Waals surface area contributed by atoms with Crippen molar-refractivity contribution in [3.05, 3.63) is 47.5 Å². The minimum atomic E-state index is -0.406. The van der Waals surface area contributed by atoms with Crippen molar-refractivity contribution in [3.63, 3.8) is 0 Å². The molecule has 1 aliphatic heterocycles. The highest BCUT2D eigenvalue weighted by Gasteiger charge is 2.30. The largest absolute Gasteiger partial charge is 0.508 e. The van der Waals surface area contributed by atoms with Crippen molar-refractivity contribution in [3.8, 4) is 23.0 Å². The number of hydrogen-bond donors (Lipinski definition) is 1. The summed E-state index contributed by atoms with van der Waals surface area (Å²) in [5.74, 6) is 1.24. The van der Waals surface area contributed by atoms with Crippen molar-refractivity contribution in [2.75, 3.05) is 20.8 Å². The van der Waals surface area contributed by atoms with Crippen LogP contribution in [0.3, 0.4) is 0 Å². The van der Waals surface area contributed by atoms with E-state index >= 15 is 0 Å². The number of carbonyl (C=O) groups excluding carboxylic acids is 1. The smallest absolute Gasteiger partial charge is 0.177 e.